The number of allylic oxidation sites excluding steroid dienone is 2. The van der Waals surface area contributed by atoms with Crippen LogP contribution < -0.4 is 4.74 Å². The Morgan fingerprint density at radius 2 is 2.00 bits per heavy atom. The summed E-state index contributed by atoms with van der Waals surface area (Å²) in [5, 5.41) is 0. The zero-order valence-corrected chi connectivity index (χ0v) is 11.3. The summed E-state index contributed by atoms with van der Waals surface area (Å²) in [6, 6.07) is 8.81. The summed E-state index contributed by atoms with van der Waals surface area (Å²) in [5.41, 5.74) is 1.54. The summed E-state index contributed by atoms with van der Waals surface area (Å²) in [6.45, 7) is 0. The molecule has 0 amide bonds. The highest BCUT2D eigenvalue weighted by Crippen LogP contribution is 2.77. The first-order valence-corrected chi connectivity index (χ1v) is 7.69. The van der Waals surface area contributed by atoms with Gasteiger partial charge in [0.2, 0.25) is 0 Å². The molecule has 0 N–H and O–H groups in total. The van der Waals surface area contributed by atoms with Crippen LogP contribution in [0, 0.1) is 35.5 Å². The lowest BCUT2D eigenvalue weighted by Gasteiger charge is -2.22. The van der Waals surface area contributed by atoms with Gasteiger partial charge in [0.05, 0.1) is 7.11 Å². The molecule has 1 aromatic rings. The minimum Gasteiger partial charge on any atom is -0.497 e. The fraction of sp³-hybridized carbons (Fsp3) is 0.556. The van der Waals surface area contributed by atoms with Gasteiger partial charge in [-0.1, -0.05) is 24.3 Å². The average molecular weight is 252 g/mol. The molecule has 0 aromatic heterocycles. The lowest BCUT2D eigenvalue weighted by molar-refractivity contribution is 0.272. The predicted molar refractivity (Wildman–Crippen MR) is 75.0 cm³/mol. The molecule has 0 aliphatic heterocycles. The van der Waals surface area contributed by atoms with E-state index in [2.05, 4.69) is 36.4 Å². The number of benzene rings is 1. The SMILES string of the molecule is COc1cccc([C@@H]2[C@H]3[C@H]4C[C@H]([C@H]5CC=C[C@H]54)[C@@H]23)c1. The molecular weight excluding hydrogens is 232 g/mol. The van der Waals surface area contributed by atoms with Crippen LogP contribution in [0.4, 0.5) is 0 Å². The minimum atomic E-state index is 0.845. The second-order valence-corrected chi connectivity index (χ2v) is 6.93. The van der Waals surface area contributed by atoms with Gasteiger partial charge < -0.3 is 4.74 Å². The summed E-state index contributed by atoms with van der Waals surface area (Å²) in [7, 11) is 1.77. The quantitative estimate of drug-likeness (QED) is 0.726. The molecule has 3 saturated carbocycles. The second kappa shape index (κ2) is 3.45. The van der Waals surface area contributed by atoms with Crippen LogP contribution in [0.3, 0.4) is 0 Å². The lowest BCUT2D eigenvalue weighted by Crippen LogP contribution is -2.18. The topological polar surface area (TPSA) is 9.23 Å². The largest absolute Gasteiger partial charge is 0.497 e. The Labute approximate surface area is 114 Å². The van der Waals surface area contributed by atoms with Crippen LogP contribution in [0.15, 0.2) is 36.4 Å². The second-order valence-electron chi connectivity index (χ2n) is 6.93. The van der Waals surface area contributed by atoms with Gasteiger partial charge >= 0.3 is 0 Å². The summed E-state index contributed by atoms with van der Waals surface area (Å²) in [6.07, 6.45) is 7.86. The van der Waals surface area contributed by atoms with Gasteiger partial charge in [-0.15, -0.1) is 0 Å². The molecule has 98 valence electrons. The molecule has 0 spiro atoms. The van der Waals surface area contributed by atoms with Crippen molar-refractivity contribution in [3.8, 4) is 5.75 Å². The summed E-state index contributed by atoms with van der Waals surface area (Å²) in [4.78, 5) is 0. The average Bonchev–Trinajstić information content (AvgIpc) is 2.82. The Morgan fingerprint density at radius 1 is 1.11 bits per heavy atom. The van der Waals surface area contributed by atoms with Crippen molar-refractivity contribution in [2.75, 3.05) is 7.11 Å². The molecule has 1 nitrogen and oxygen atoms in total. The zero-order chi connectivity index (χ0) is 12.6. The van der Waals surface area contributed by atoms with Crippen LogP contribution in [0.1, 0.15) is 24.3 Å². The first kappa shape index (κ1) is 10.5. The molecule has 4 aliphatic rings. The minimum absolute atomic E-state index is 0.845. The van der Waals surface area contributed by atoms with E-state index in [-0.39, 0.29) is 0 Å². The van der Waals surface area contributed by atoms with Gasteiger partial charge in [0.1, 0.15) is 5.75 Å². The first-order valence-electron chi connectivity index (χ1n) is 7.69. The smallest absolute Gasteiger partial charge is 0.119 e. The standard InChI is InChI=1S/C18H20O/c1-19-11-5-2-4-10(8-11)16-17-14-9-15(18(16)17)13-7-3-6-12(13)14/h2-6,8,12-18H,7,9H2,1H3/t12-,13+,14+,15-,16-,17-,18+/m1/s1. The Kier molecular flexibility index (Phi) is 1.91. The Morgan fingerprint density at radius 3 is 2.89 bits per heavy atom. The molecular formula is C18H20O. The number of ether oxygens (including phenoxy) is 1. The van der Waals surface area contributed by atoms with Gasteiger partial charge in [0.25, 0.3) is 0 Å². The number of hydrogen-bond donors (Lipinski definition) is 0. The highest BCUT2D eigenvalue weighted by Gasteiger charge is 2.70. The van der Waals surface area contributed by atoms with E-state index in [1.807, 2.05) is 0 Å². The van der Waals surface area contributed by atoms with Gasteiger partial charge in [0, 0.05) is 0 Å². The highest BCUT2D eigenvalue weighted by atomic mass is 16.5. The van der Waals surface area contributed by atoms with Crippen LogP contribution in [-0.4, -0.2) is 7.11 Å². The number of methoxy groups -OCH3 is 1. The van der Waals surface area contributed by atoms with Gasteiger partial charge in [0.15, 0.2) is 0 Å². The van der Waals surface area contributed by atoms with E-state index in [1.165, 1.54) is 18.4 Å². The highest BCUT2D eigenvalue weighted by molar-refractivity contribution is 5.39. The van der Waals surface area contributed by atoms with E-state index in [1.54, 1.807) is 7.11 Å². The van der Waals surface area contributed by atoms with Crippen molar-refractivity contribution in [1.82, 2.24) is 0 Å². The first-order chi connectivity index (χ1) is 9.38. The van der Waals surface area contributed by atoms with Crippen LogP contribution in [-0.2, 0) is 0 Å². The molecule has 1 aromatic carbocycles. The zero-order valence-electron chi connectivity index (χ0n) is 11.3. The predicted octanol–water partition coefficient (Wildman–Crippen LogP) is 3.87. The van der Waals surface area contributed by atoms with Crippen molar-refractivity contribution in [3.05, 3.63) is 42.0 Å². The van der Waals surface area contributed by atoms with E-state index >= 15 is 0 Å². The Hall–Kier alpha value is -1.24. The molecule has 5 rings (SSSR count). The molecule has 0 radical (unpaired) electrons. The maximum absolute atomic E-state index is 5.39. The van der Waals surface area contributed by atoms with Gasteiger partial charge in [-0.25, -0.2) is 0 Å². The molecule has 0 heterocycles. The van der Waals surface area contributed by atoms with Crippen molar-refractivity contribution >= 4 is 0 Å². The van der Waals surface area contributed by atoms with E-state index in [9.17, 15) is 0 Å². The Bertz CT molecular complexity index is 561. The number of fused-ring (bicyclic) bond motifs is 8. The fourth-order valence-electron chi connectivity index (χ4n) is 5.87. The normalized spacial score (nSPS) is 48.2. The van der Waals surface area contributed by atoms with Crippen LogP contribution in [0.2, 0.25) is 0 Å². The van der Waals surface area contributed by atoms with E-state index < -0.39 is 0 Å². The van der Waals surface area contributed by atoms with Crippen molar-refractivity contribution in [2.24, 2.45) is 35.5 Å². The van der Waals surface area contributed by atoms with Crippen molar-refractivity contribution < 1.29 is 4.74 Å². The molecule has 7 atom stereocenters. The lowest BCUT2D eigenvalue weighted by atomic mass is 9.82. The third-order valence-electron chi connectivity index (χ3n) is 6.45. The van der Waals surface area contributed by atoms with E-state index in [4.69, 9.17) is 4.74 Å². The van der Waals surface area contributed by atoms with Crippen molar-refractivity contribution in [1.29, 1.82) is 0 Å². The molecule has 4 aliphatic carbocycles. The number of hydrogen-bond acceptors (Lipinski definition) is 1. The van der Waals surface area contributed by atoms with E-state index in [0.29, 0.717) is 0 Å². The maximum Gasteiger partial charge on any atom is 0.119 e. The molecule has 3 fully saturated rings. The molecule has 0 saturated heterocycles. The van der Waals surface area contributed by atoms with Crippen LogP contribution >= 0.6 is 0 Å². The monoisotopic (exact) mass is 252 g/mol. The van der Waals surface area contributed by atoms with Gasteiger partial charge in [-0.05, 0) is 72.0 Å². The molecule has 1 heteroatoms. The third kappa shape index (κ3) is 1.22. The van der Waals surface area contributed by atoms with Gasteiger partial charge in [-0.2, -0.15) is 0 Å². The third-order valence-corrected chi connectivity index (χ3v) is 6.45. The van der Waals surface area contributed by atoms with Crippen molar-refractivity contribution in [3.63, 3.8) is 0 Å². The number of rotatable bonds is 2. The summed E-state index contributed by atoms with van der Waals surface area (Å²) < 4.78 is 5.39. The summed E-state index contributed by atoms with van der Waals surface area (Å²) in [5.74, 6) is 7.80. The molecule has 0 unspecified atom stereocenters. The fourth-order valence-corrected chi connectivity index (χ4v) is 5.87. The molecule has 19 heavy (non-hydrogen) atoms. The Balaban J connectivity index is 1.47. The van der Waals surface area contributed by atoms with E-state index in [0.717, 1.165) is 47.2 Å². The maximum atomic E-state index is 5.39. The van der Waals surface area contributed by atoms with Crippen LogP contribution in [0.5, 0.6) is 5.75 Å². The van der Waals surface area contributed by atoms with Crippen LogP contribution in [0.25, 0.3) is 0 Å². The van der Waals surface area contributed by atoms with Crippen molar-refractivity contribution in [2.45, 2.75) is 18.8 Å². The van der Waals surface area contributed by atoms with Gasteiger partial charge in [-0.3, -0.25) is 0 Å². The summed E-state index contributed by atoms with van der Waals surface area (Å²) >= 11 is 0. The molecule has 2 bridgehead atoms.